The molecule has 0 atom stereocenters. The Morgan fingerprint density at radius 1 is 0.282 bits per heavy atom. The Morgan fingerprint density at radius 3 is 0.634 bits per heavy atom. The smallest absolute Gasteiger partial charge is 0.410 e. The van der Waals surface area contributed by atoms with Crippen molar-refractivity contribution in [2.45, 2.75) is 258 Å². The lowest BCUT2D eigenvalue weighted by atomic mass is 9.87. The second-order valence-corrected chi connectivity index (χ2v) is 22.7. The molecule has 0 spiro atoms. The normalized spacial score (nSPS) is 21.7. The first-order valence-corrected chi connectivity index (χ1v) is 27.5. The first-order chi connectivity index (χ1) is 31.7. The maximum Gasteiger partial charge on any atom is 0.410 e. The van der Waals surface area contributed by atoms with Crippen LogP contribution in [0.5, 0.6) is 0 Å². The van der Waals surface area contributed by atoms with Crippen molar-refractivity contribution in [1.29, 1.82) is 0 Å². The van der Waals surface area contributed by atoms with Gasteiger partial charge in [-0.25, -0.2) is 19.2 Å². The van der Waals surface area contributed by atoms with Gasteiger partial charge in [-0.15, -0.1) is 0 Å². The predicted octanol–water partition coefficient (Wildman–Crippen LogP) is 16.1. The van der Waals surface area contributed by atoms with E-state index in [1.165, 1.54) is 38.5 Å². The van der Waals surface area contributed by atoms with Crippen molar-refractivity contribution in [2.75, 3.05) is 52.4 Å². The van der Waals surface area contributed by atoms with E-state index in [1.54, 1.807) is 0 Å². The van der Waals surface area contributed by atoms with Crippen molar-refractivity contribution in [3.63, 3.8) is 0 Å². The summed E-state index contributed by atoms with van der Waals surface area (Å²) in [6, 6.07) is 0. The molecule has 4 aliphatic carbocycles. The number of likely N-dealkylation sites (tertiary alicyclic amines) is 4. The van der Waals surface area contributed by atoms with Crippen LogP contribution < -0.4 is 0 Å². The SMILES string of the molecule is C.C.C.C.C.CC(C)C1CCN(C(=O)OC2CC2)CC1.CC(C)C1CCN(C(=O)OC2CCC2)CC1.CC(C)C1CCN(C(=O)OC2CCCC2)CC1.CC(C)C1CCN(C(=O)OC2CCCCC2)CC1. The zero-order valence-corrected chi connectivity index (χ0v) is 43.2. The Kier molecular flexibility index (Phi) is 33.9. The third-order valence-electron chi connectivity index (χ3n) is 16.5. The van der Waals surface area contributed by atoms with E-state index >= 15 is 0 Å². The van der Waals surface area contributed by atoms with Crippen LogP contribution in [0.1, 0.15) is 234 Å². The van der Waals surface area contributed by atoms with E-state index in [1.807, 2.05) is 19.6 Å². The van der Waals surface area contributed by atoms with Crippen LogP contribution in [0.4, 0.5) is 19.2 Å². The minimum absolute atomic E-state index is 0. The van der Waals surface area contributed by atoms with E-state index < -0.39 is 0 Å². The minimum atomic E-state index is -0.0836. The molecule has 0 N–H and O–H groups in total. The molecule has 0 aromatic rings. The minimum Gasteiger partial charge on any atom is -0.446 e. The molecule has 0 unspecified atom stereocenters. The van der Waals surface area contributed by atoms with Gasteiger partial charge in [0.25, 0.3) is 0 Å². The molecule has 4 saturated carbocycles. The molecule has 0 radical (unpaired) electrons. The van der Waals surface area contributed by atoms with E-state index in [0.717, 1.165) is 202 Å². The van der Waals surface area contributed by atoms with Gasteiger partial charge >= 0.3 is 24.4 Å². The molecule has 0 aromatic carbocycles. The Morgan fingerprint density at radius 2 is 0.465 bits per heavy atom. The molecule has 12 nitrogen and oxygen atoms in total. The summed E-state index contributed by atoms with van der Waals surface area (Å²) in [6.07, 6.45) is 25.5. The Bertz CT molecular complexity index is 1410. The number of carbonyl (C=O) groups excluding carboxylic acids is 4. The van der Waals surface area contributed by atoms with Gasteiger partial charge in [0.1, 0.15) is 24.4 Å². The monoisotopic (exact) mass is 1010 g/mol. The highest BCUT2D eigenvalue weighted by molar-refractivity contribution is 5.69. The highest BCUT2D eigenvalue weighted by Gasteiger charge is 2.33. The maximum absolute atomic E-state index is 12.0. The quantitative estimate of drug-likeness (QED) is 0.221. The topological polar surface area (TPSA) is 118 Å². The van der Waals surface area contributed by atoms with E-state index in [9.17, 15) is 19.2 Å². The predicted molar refractivity (Wildman–Crippen MR) is 296 cm³/mol. The lowest BCUT2D eigenvalue weighted by molar-refractivity contribution is 0.0188. The van der Waals surface area contributed by atoms with E-state index in [4.69, 9.17) is 18.9 Å². The molecule has 4 saturated heterocycles. The Labute approximate surface area is 438 Å². The molecular weight excluding hydrogens is 893 g/mol. The van der Waals surface area contributed by atoms with Crippen LogP contribution in [-0.2, 0) is 18.9 Å². The van der Waals surface area contributed by atoms with Gasteiger partial charge in [0.05, 0.1) is 0 Å². The average Bonchev–Trinajstić information content (AvgIpc) is 3.98. The second kappa shape index (κ2) is 35.3. The van der Waals surface area contributed by atoms with Crippen LogP contribution in [0.2, 0.25) is 0 Å². The van der Waals surface area contributed by atoms with Crippen LogP contribution in [0, 0.1) is 47.3 Å². The Balaban J connectivity index is 0.000000901. The molecule has 4 aliphatic heterocycles. The first-order valence-electron chi connectivity index (χ1n) is 27.5. The molecule has 4 amide bonds. The summed E-state index contributed by atoms with van der Waals surface area (Å²) >= 11 is 0. The van der Waals surface area contributed by atoms with Crippen LogP contribution >= 0.6 is 0 Å². The number of nitrogens with zero attached hydrogens (tertiary/aromatic N) is 4. The van der Waals surface area contributed by atoms with Crippen molar-refractivity contribution in [3.05, 3.63) is 0 Å². The Hall–Kier alpha value is -2.92. The highest BCUT2D eigenvalue weighted by atomic mass is 16.6. The summed E-state index contributed by atoms with van der Waals surface area (Å²) in [5.74, 6) is 6.10. The third-order valence-corrected chi connectivity index (χ3v) is 16.5. The summed E-state index contributed by atoms with van der Waals surface area (Å²) in [4.78, 5) is 55.0. The van der Waals surface area contributed by atoms with E-state index in [2.05, 4.69) is 55.4 Å². The van der Waals surface area contributed by atoms with E-state index in [0.29, 0.717) is 0 Å². The number of hydrogen-bond donors (Lipinski definition) is 0. The van der Waals surface area contributed by atoms with Gasteiger partial charge in [0.15, 0.2) is 0 Å². The summed E-state index contributed by atoms with van der Waals surface area (Å²) in [6.45, 7) is 25.2. The molecular formula is C59H116N4O8. The van der Waals surface area contributed by atoms with Crippen LogP contribution in [-0.4, -0.2) is 121 Å². The molecule has 420 valence electrons. The number of rotatable bonds is 8. The van der Waals surface area contributed by atoms with Gasteiger partial charge < -0.3 is 38.5 Å². The molecule has 0 aromatic heterocycles. The largest absolute Gasteiger partial charge is 0.446 e. The van der Waals surface area contributed by atoms with Gasteiger partial charge in [-0.05, 0) is 182 Å². The fraction of sp³-hybridized carbons (Fsp3) is 0.932. The molecule has 8 aliphatic rings. The molecule has 71 heavy (non-hydrogen) atoms. The van der Waals surface area contributed by atoms with Gasteiger partial charge in [-0.3, -0.25) is 0 Å². The molecule has 8 rings (SSSR count). The standard InChI is InChI=1S/C15H27NO2.C14H25NO2.C13H23NO2.C12H21NO2.5CH4/c1-12(2)13-8-10-16(11-9-13)15(17)18-14-6-4-3-5-7-14;1-11(2)12-7-9-15(10-8-12)14(16)17-13-5-3-4-6-13;1-10(2)11-6-8-14(9-7-11)13(15)16-12-4-3-5-12;1-9(2)10-5-7-13(8-6-10)12(14)15-11-3-4-11;;;;;/h12-14H,3-11H2,1-2H3;11-13H,3-10H2,1-2H3;10-12H,3-9H2,1-2H3;9-11H,3-8H2,1-2H3;5*1H4. The van der Waals surface area contributed by atoms with Crippen molar-refractivity contribution in [2.24, 2.45) is 47.3 Å². The molecule has 8 fully saturated rings. The van der Waals surface area contributed by atoms with Crippen molar-refractivity contribution >= 4 is 24.4 Å². The molecule has 0 bridgehead atoms. The number of ether oxygens (including phenoxy) is 4. The number of piperidine rings is 4. The summed E-state index contributed by atoms with van der Waals surface area (Å²) in [5, 5.41) is 0. The van der Waals surface area contributed by atoms with Crippen LogP contribution in [0.3, 0.4) is 0 Å². The number of amides is 4. The van der Waals surface area contributed by atoms with Crippen LogP contribution in [0.25, 0.3) is 0 Å². The lowest BCUT2D eigenvalue weighted by Crippen LogP contribution is -2.42. The summed E-state index contributed by atoms with van der Waals surface area (Å²) in [7, 11) is 0. The highest BCUT2D eigenvalue weighted by Crippen LogP contribution is 2.31. The summed E-state index contributed by atoms with van der Waals surface area (Å²) in [5.41, 5.74) is 0. The second-order valence-electron chi connectivity index (χ2n) is 22.7. The fourth-order valence-electron chi connectivity index (χ4n) is 10.7. The maximum atomic E-state index is 12.0. The van der Waals surface area contributed by atoms with Gasteiger partial charge in [0.2, 0.25) is 0 Å². The summed E-state index contributed by atoms with van der Waals surface area (Å²) < 4.78 is 21.8. The van der Waals surface area contributed by atoms with Gasteiger partial charge in [-0.2, -0.15) is 0 Å². The zero-order valence-electron chi connectivity index (χ0n) is 43.2. The van der Waals surface area contributed by atoms with Crippen LogP contribution in [0.15, 0.2) is 0 Å². The lowest BCUT2D eigenvalue weighted by Gasteiger charge is -2.35. The van der Waals surface area contributed by atoms with Gasteiger partial charge in [-0.1, -0.05) is 98.9 Å². The van der Waals surface area contributed by atoms with Crippen molar-refractivity contribution < 1.29 is 38.1 Å². The van der Waals surface area contributed by atoms with Gasteiger partial charge in [0, 0.05) is 52.4 Å². The number of hydrogen-bond acceptors (Lipinski definition) is 8. The number of carbonyl (C=O) groups is 4. The fourth-order valence-corrected chi connectivity index (χ4v) is 10.7. The van der Waals surface area contributed by atoms with Crippen molar-refractivity contribution in [3.8, 4) is 0 Å². The average molecular weight is 1010 g/mol. The third kappa shape index (κ3) is 23.9. The molecule has 4 heterocycles. The first kappa shape index (κ1) is 68.1. The zero-order chi connectivity index (χ0) is 47.6. The molecule has 12 heteroatoms. The van der Waals surface area contributed by atoms with E-state index in [-0.39, 0.29) is 85.9 Å². The van der Waals surface area contributed by atoms with Crippen molar-refractivity contribution in [1.82, 2.24) is 19.6 Å².